The summed E-state index contributed by atoms with van der Waals surface area (Å²) in [5.74, 6) is 0. The topological polar surface area (TPSA) is 66.6 Å². The molecule has 1 N–H and O–H groups in total. The summed E-state index contributed by atoms with van der Waals surface area (Å²) in [4.78, 5) is 11.4. The van der Waals surface area contributed by atoms with E-state index in [9.17, 15) is 28.4 Å². The minimum Gasteiger partial charge on any atom is -0.390 e. The molecule has 0 atom stereocenters. The van der Waals surface area contributed by atoms with E-state index in [0.717, 1.165) is 12.1 Å². The van der Waals surface area contributed by atoms with E-state index in [4.69, 9.17) is 0 Å². The Morgan fingerprint density at radius 2 is 1.90 bits per heavy atom. The maximum Gasteiger partial charge on any atom is 0.423 e. The van der Waals surface area contributed by atoms with Crippen molar-refractivity contribution < 1.29 is 23.2 Å². The van der Waals surface area contributed by atoms with E-state index in [1.807, 2.05) is 0 Å². The lowest BCUT2D eigenvalue weighted by Crippen LogP contribution is -2.42. The highest BCUT2D eigenvalue weighted by molar-refractivity contribution is 5.57. The highest BCUT2D eigenvalue weighted by Gasteiger charge is 2.39. The molecule has 1 heterocycles. The first-order chi connectivity index (χ1) is 9.60. The Bertz CT molecular complexity index is 548. The number of nitrogens with zero attached hydrogens (tertiary/aromatic N) is 2. The first kappa shape index (κ1) is 15.6. The molecule has 0 saturated carbocycles. The number of nitro groups is 1. The van der Waals surface area contributed by atoms with Crippen molar-refractivity contribution in [1.29, 1.82) is 0 Å². The van der Waals surface area contributed by atoms with Crippen molar-refractivity contribution in [2.75, 3.05) is 18.0 Å². The number of nitro benzene ring substituents is 1. The molecule has 0 bridgehead atoms. The van der Waals surface area contributed by atoms with Gasteiger partial charge in [0.05, 0.1) is 10.5 Å². The number of anilines is 1. The third-order valence-corrected chi connectivity index (χ3v) is 3.69. The van der Waals surface area contributed by atoms with Crippen LogP contribution in [0.5, 0.6) is 0 Å². The molecule has 1 saturated heterocycles. The van der Waals surface area contributed by atoms with Crippen LogP contribution in [0.2, 0.25) is 0 Å². The van der Waals surface area contributed by atoms with Crippen molar-refractivity contribution in [3.05, 3.63) is 33.9 Å². The van der Waals surface area contributed by atoms with Gasteiger partial charge in [-0.2, -0.15) is 13.2 Å². The minimum absolute atomic E-state index is 0.281. The summed E-state index contributed by atoms with van der Waals surface area (Å²) in [6.07, 6.45) is -3.91. The Balaban J connectivity index is 2.33. The lowest BCUT2D eigenvalue weighted by molar-refractivity contribution is -0.388. The van der Waals surface area contributed by atoms with Crippen molar-refractivity contribution in [2.24, 2.45) is 0 Å². The monoisotopic (exact) mass is 304 g/mol. The molecule has 0 aromatic heterocycles. The van der Waals surface area contributed by atoms with E-state index < -0.39 is 28.0 Å². The zero-order chi connectivity index (χ0) is 15.8. The van der Waals surface area contributed by atoms with Crippen LogP contribution in [0, 0.1) is 10.1 Å². The number of benzene rings is 1. The van der Waals surface area contributed by atoms with Gasteiger partial charge in [-0.1, -0.05) is 0 Å². The summed E-state index contributed by atoms with van der Waals surface area (Å²) in [5.41, 5.74) is -2.73. The Kier molecular flexibility index (Phi) is 3.83. The van der Waals surface area contributed by atoms with Gasteiger partial charge >= 0.3 is 6.18 Å². The summed E-state index contributed by atoms with van der Waals surface area (Å²) < 4.78 is 38.7. The molecule has 5 nitrogen and oxygen atoms in total. The summed E-state index contributed by atoms with van der Waals surface area (Å²) >= 11 is 0. The Hall–Kier alpha value is -1.83. The van der Waals surface area contributed by atoms with Crippen LogP contribution >= 0.6 is 0 Å². The molecule has 1 aromatic carbocycles. The largest absolute Gasteiger partial charge is 0.423 e. The quantitative estimate of drug-likeness (QED) is 0.674. The van der Waals surface area contributed by atoms with Crippen LogP contribution in [0.25, 0.3) is 0 Å². The maximum absolute atomic E-state index is 12.9. The molecule has 21 heavy (non-hydrogen) atoms. The predicted molar refractivity (Wildman–Crippen MR) is 70.2 cm³/mol. The van der Waals surface area contributed by atoms with Crippen LogP contribution in [-0.4, -0.2) is 28.7 Å². The van der Waals surface area contributed by atoms with Gasteiger partial charge in [0.15, 0.2) is 0 Å². The Morgan fingerprint density at radius 3 is 2.38 bits per heavy atom. The van der Waals surface area contributed by atoms with Gasteiger partial charge in [0.25, 0.3) is 5.69 Å². The van der Waals surface area contributed by atoms with E-state index in [2.05, 4.69) is 0 Å². The number of rotatable bonds is 2. The molecule has 1 aromatic rings. The number of hydrogen-bond acceptors (Lipinski definition) is 4. The fraction of sp³-hybridized carbons (Fsp3) is 0.538. The van der Waals surface area contributed by atoms with E-state index >= 15 is 0 Å². The van der Waals surface area contributed by atoms with E-state index in [-0.39, 0.29) is 5.69 Å². The van der Waals surface area contributed by atoms with E-state index in [1.54, 1.807) is 11.8 Å². The minimum atomic E-state index is -4.78. The average molecular weight is 304 g/mol. The smallest absolute Gasteiger partial charge is 0.390 e. The van der Waals surface area contributed by atoms with Gasteiger partial charge in [0, 0.05) is 24.8 Å². The second-order valence-corrected chi connectivity index (χ2v) is 5.44. The Labute approximate surface area is 119 Å². The molecule has 0 spiro atoms. The van der Waals surface area contributed by atoms with Crippen LogP contribution in [-0.2, 0) is 6.18 Å². The third kappa shape index (κ3) is 3.44. The molecular formula is C13H15F3N2O3. The molecule has 0 amide bonds. The van der Waals surface area contributed by atoms with E-state index in [1.165, 1.54) is 6.07 Å². The van der Waals surface area contributed by atoms with Crippen molar-refractivity contribution in [3.8, 4) is 0 Å². The lowest BCUT2D eigenvalue weighted by Gasteiger charge is -2.37. The van der Waals surface area contributed by atoms with E-state index in [0.29, 0.717) is 25.9 Å². The molecule has 0 radical (unpaired) electrons. The van der Waals surface area contributed by atoms with Crippen LogP contribution in [0.15, 0.2) is 18.2 Å². The fourth-order valence-electron chi connectivity index (χ4n) is 2.35. The SMILES string of the molecule is CC1(O)CCN(c2ccc([N+](=O)[O-])c(C(F)(F)F)c2)CC1. The molecule has 2 rings (SSSR count). The van der Waals surface area contributed by atoms with Crippen molar-refractivity contribution >= 4 is 11.4 Å². The van der Waals surface area contributed by atoms with Gasteiger partial charge < -0.3 is 10.0 Å². The highest BCUT2D eigenvalue weighted by atomic mass is 19.4. The molecule has 0 aliphatic carbocycles. The summed E-state index contributed by atoms with van der Waals surface area (Å²) in [7, 11) is 0. The Morgan fingerprint density at radius 1 is 1.33 bits per heavy atom. The van der Waals surface area contributed by atoms with Gasteiger partial charge in [-0.25, -0.2) is 0 Å². The fourth-order valence-corrected chi connectivity index (χ4v) is 2.35. The predicted octanol–water partition coefficient (Wildman–Crippen LogP) is 2.96. The molecule has 1 fully saturated rings. The summed E-state index contributed by atoms with van der Waals surface area (Å²) in [6, 6.07) is 3.00. The van der Waals surface area contributed by atoms with Crippen molar-refractivity contribution in [3.63, 3.8) is 0 Å². The van der Waals surface area contributed by atoms with Crippen LogP contribution in [0.4, 0.5) is 24.5 Å². The van der Waals surface area contributed by atoms with Crippen LogP contribution < -0.4 is 4.90 Å². The number of piperidine rings is 1. The lowest BCUT2D eigenvalue weighted by atomic mass is 9.93. The summed E-state index contributed by atoms with van der Waals surface area (Å²) in [6.45, 7) is 2.49. The normalized spacial score (nSPS) is 18.6. The van der Waals surface area contributed by atoms with Gasteiger partial charge in [-0.3, -0.25) is 10.1 Å². The zero-order valence-corrected chi connectivity index (χ0v) is 11.4. The van der Waals surface area contributed by atoms with Crippen molar-refractivity contribution in [2.45, 2.75) is 31.5 Å². The van der Waals surface area contributed by atoms with Gasteiger partial charge in [-0.05, 0) is 31.9 Å². The maximum atomic E-state index is 12.9. The van der Waals surface area contributed by atoms with Crippen LogP contribution in [0.1, 0.15) is 25.3 Å². The van der Waals surface area contributed by atoms with Crippen LogP contribution in [0.3, 0.4) is 0 Å². The number of halogens is 3. The molecule has 1 aliphatic rings. The second kappa shape index (κ2) is 5.18. The van der Waals surface area contributed by atoms with Gasteiger partial charge in [0.2, 0.25) is 0 Å². The molecular weight excluding hydrogens is 289 g/mol. The average Bonchev–Trinajstić information content (AvgIpc) is 2.37. The third-order valence-electron chi connectivity index (χ3n) is 3.69. The number of aliphatic hydroxyl groups is 1. The highest BCUT2D eigenvalue weighted by Crippen LogP contribution is 2.39. The first-order valence-electron chi connectivity index (χ1n) is 6.43. The number of alkyl halides is 3. The zero-order valence-electron chi connectivity index (χ0n) is 11.4. The molecule has 1 aliphatic heterocycles. The number of hydrogen-bond donors (Lipinski definition) is 1. The van der Waals surface area contributed by atoms with Crippen molar-refractivity contribution in [1.82, 2.24) is 0 Å². The summed E-state index contributed by atoms with van der Waals surface area (Å²) in [5, 5.41) is 20.5. The second-order valence-electron chi connectivity index (χ2n) is 5.44. The first-order valence-corrected chi connectivity index (χ1v) is 6.43. The standard InChI is InChI=1S/C13H15F3N2O3/c1-12(19)4-6-17(7-5-12)9-2-3-11(18(20)21)10(8-9)13(14,15)16/h2-3,8,19H,4-7H2,1H3. The van der Waals surface area contributed by atoms with Gasteiger partial charge in [0.1, 0.15) is 5.56 Å². The molecule has 8 heteroatoms. The molecule has 116 valence electrons. The van der Waals surface area contributed by atoms with Gasteiger partial charge in [-0.15, -0.1) is 0 Å². The molecule has 0 unspecified atom stereocenters.